The zero-order chi connectivity index (χ0) is 25.4. The number of rotatable bonds is 6. The number of aromatic nitrogens is 2. The third-order valence-electron chi connectivity index (χ3n) is 6.16. The Bertz CT molecular complexity index is 1490. The highest BCUT2D eigenvalue weighted by atomic mass is 19.1. The maximum atomic E-state index is 15.1. The molecule has 36 heavy (non-hydrogen) atoms. The van der Waals surface area contributed by atoms with Gasteiger partial charge < -0.3 is 14.8 Å². The van der Waals surface area contributed by atoms with Gasteiger partial charge >= 0.3 is 5.91 Å². The number of H-pyrrole nitrogens is 1. The lowest BCUT2D eigenvalue weighted by atomic mass is 9.94. The van der Waals surface area contributed by atoms with Gasteiger partial charge in [-0.05, 0) is 55.3 Å². The molecule has 1 fully saturated rings. The van der Waals surface area contributed by atoms with E-state index in [1.807, 2.05) is 19.9 Å². The number of aliphatic hydroxyl groups excluding tert-OH is 1. The number of ether oxygens (including phenoxy) is 1. The summed E-state index contributed by atoms with van der Waals surface area (Å²) in [5, 5.41) is 11.3. The number of benzene rings is 3. The van der Waals surface area contributed by atoms with Crippen molar-refractivity contribution in [3.8, 4) is 5.75 Å². The van der Waals surface area contributed by atoms with Gasteiger partial charge in [0.25, 0.3) is 5.78 Å². The van der Waals surface area contributed by atoms with Gasteiger partial charge in [-0.3, -0.25) is 14.5 Å². The first-order chi connectivity index (χ1) is 17.4. The molecule has 7 nitrogen and oxygen atoms in total. The molecule has 2 heterocycles. The predicted molar refractivity (Wildman–Crippen MR) is 134 cm³/mol. The molecule has 1 aliphatic heterocycles. The number of aromatic amines is 1. The minimum atomic E-state index is -1.22. The summed E-state index contributed by atoms with van der Waals surface area (Å²) < 4.78 is 20.8. The van der Waals surface area contributed by atoms with E-state index in [9.17, 15) is 14.7 Å². The van der Waals surface area contributed by atoms with Crippen molar-refractivity contribution < 1.29 is 23.8 Å². The number of hydrogen-bond donors (Lipinski definition) is 2. The molecular formula is C28H24FN3O4. The fourth-order valence-corrected chi connectivity index (χ4v) is 4.42. The van der Waals surface area contributed by atoms with Gasteiger partial charge in [0, 0.05) is 11.1 Å². The van der Waals surface area contributed by atoms with Crippen molar-refractivity contribution in [3.63, 3.8) is 0 Å². The topological polar surface area (TPSA) is 95.5 Å². The van der Waals surface area contributed by atoms with Crippen LogP contribution in [0.4, 0.5) is 10.3 Å². The van der Waals surface area contributed by atoms with Crippen LogP contribution in [0.3, 0.4) is 0 Å². The molecule has 2 N–H and O–H groups in total. The number of nitrogens with one attached hydrogen (secondary N) is 1. The van der Waals surface area contributed by atoms with Crippen LogP contribution in [0.1, 0.15) is 36.1 Å². The zero-order valence-corrected chi connectivity index (χ0v) is 19.8. The third kappa shape index (κ3) is 3.90. The normalized spacial score (nSPS) is 17.2. The van der Waals surface area contributed by atoms with Gasteiger partial charge in [0.1, 0.15) is 23.4 Å². The molecule has 1 aromatic heterocycles. The van der Waals surface area contributed by atoms with E-state index in [2.05, 4.69) is 9.97 Å². The van der Waals surface area contributed by atoms with Crippen LogP contribution >= 0.6 is 0 Å². The fraction of sp³-hybridized carbons (Fsp3) is 0.179. The SMILES string of the molecule is CCCOc1ccc(/C(O)=C2\C(=O)C(=O)N(c3nc4ccccc4[nH]3)C2c2ccccc2F)cc1C. The Kier molecular flexibility index (Phi) is 6.01. The number of para-hydroxylation sites is 2. The van der Waals surface area contributed by atoms with E-state index in [0.29, 0.717) is 29.0 Å². The zero-order valence-electron chi connectivity index (χ0n) is 19.8. The molecule has 3 aromatic carbocycles. The van der Waals surface area contributed by atoms with E-state index in [-0.39, 0.29) is 17.1 Å². The Balaban J connectivity index is 1.68. The average Bonchev–Trinajstić information content (AvgIpc) is 3.41. The average molecular weight is 486 g/mol. The molecular weight excluding hydrogens is 461 g/mol. The smallest absolute Gasteiger partial charge is 0.302 e. The number of hydrogen-bond acceptors (Lipinski definition) is 5. The number of anilines is 1. The second-order valence-corrected chi connectivity index (χ2v) is 8.60. The molecule has 1 amide bonds. The first-order valence-electron chi connectivity index (χ1n) is 11.6. The maximum absolute atomic E-state index is 15.1. The minimum absolute atomic E-state index is 0.0679. The van der Waals surface area contributed by atoms with Crippen molar-refractivity contribution >= 4 is 34.4 Å². The van der Waals surface area contributed by atoms with Crippen LogP contribution in [0.15, 0.2) is 72.3 Å². The van der Waals surface area contributed by atoms with Gasteiger partial charge in [-0.25, -0.2) is 9.37 Å². The molecule has 0 radical (unpaired) electrons. The van der Waals surface area contributed by atoms with Crippen molar-refractivity contribution in [3.05, 3.63) is 94.8 Å². The number of nitrogens with zero attached hydrogens (tertiary/aromatic N) is 2. The monoisotopic (exact) mass is 485 g/mol. The summed E-state index contributed by atoms with van der Waals surface area (Å²) in [6.45, 7) is 4.37. The first kappa shape index (κ1) is 23.3. The molecule has 0 aliphatic carbocycles. The van der Waals surface area contributed by atoms with E-state index in [4.69, 9.17) is 4.74 Å². The molecule has 182 valence electrons. The fourth-order valence-electron chi connectivity index (χ4n) is 4.42. The van der Waals surface area contributed by atoms with Crippen LogP contribution in [-0.2, 0) is 9.59 Å². The number of halogens is 1. The molecule has 8 heteroatoms. The van der Waals surface area contributed by atoms with Crippen molar-refractivity contribution in [2.45, 2.75) is 26.3 Å². The van der Waals surface area contributed by atoms with Crippen molar-refractivity contribution in [1.82, 2.24) is 9.97 Å². The van der Waals surface area contributed by atoms with Crippen molar-refractivity contribution in [2.24, 2.45) is 0 Å². The Labute approximate surface area is 206 Å². The summed E-state index contributed by atoms with van der Waals surface area (Å²) in [4.78, 5) is 35.2. The molecule has 1 aliphatic rings. The highest BCUT2D eigenvalue weighted by Crippen LogP contribution is 2.42. The molecule has 4 aromatic rings. The van der Waals surface area contributed by atoms with E-state index < -0.39 is 29.3 Å². The van der Waals surface area contributed by atoms with Crippen LogP contribution in [0.25, 0.3) is 16.8 Å². The number of Topliss-reactive ketones (excluding diaryl/α,β-unsaturated/α-hetero) is 1. The molecule has 0 bridgehead atoms. The second kappa shape index (κ2) is 9.30. The van der Waals surface area contributed by atoms with Crippen LogP contribution in [-0.4, -0.2) is 33.4 Å². The lowest BCUT2D eigenvalue weighted by Crippen LogP contribution is -2.30. The number of imidazole rings is 1. The first-order valence-corrected chi connectivity index (χ1v) is 11.6. The summed E-state index contributed by atoms with van der Waals surface area (Å²) in [6, 6.07) is 16.8. The van der Waals surface area contributed by atoms with Crippen LogP contribution in [0, 0.1) is 12.7 Å². The van der Waals surface area contributed by atoms with E-state index in [1.165, 1.54) is 18.2 Å². The Morgan fingerprint density at radius 2 is 1.86 bits per heavy atom. The Morgan fingerprint density at radius 3 is 2.58 bits per heavy atom. The van der Waals surface area contributed by atoms with E-state index >= 15 is 4.39 Å². The summed E-state index contributed by atoms with van der Waals surface area (Å²) in [5.41, 5.74) is 2.16. The number of carbonyl (C=O) groups is 2. The van der Waals surface area contributed by atoms with E-state index in [1.54, 1.807) is 42.5 Å². The molecule has 5 rings (SSSR count). The highest BCUT2D eigenvalue weighted by molar-refractivity contribution is 6.51. The largest absolute Gasteiger partial charge is 0.507 e. The third-order valence-corrected chi connectivity index (χ3v) is 6.16. The van der Waals surface area contributed by atoms with Gasteiger partial charge in [-0.15, -0.1) is 0 Å². The number of aliphatic hydroxyl groups is 1. The summed E-state index contributed by atoms with van der Waals surface area (Å²) in [6.07, 6.45) is 0.842. The van der Waals surface area contributed by atoms with E-state index in [0.717, 1.165) is 16.9 Å². The predicted octanol–water partition coefficient (Wildman–Crippen LogP) is 5.43. The molecule has 1 atom stereocenters. The summed E-state index contributed by atoms with van der Waals surface area (Å²) >= 11 is 0. The van der Waals surface area contributed by atoms with Gasteiger partial charge in [0.15, 0.2) is 0 Å². The van der Waals surface area contributed by atoms with Crippen molar-refractivity contribution in [1.29, 1.82) is 0 Å². The minimum Gasteiger partial charge on any atom is -0.507 e. The number of ketones is 1. The maximum Gasteiger partial charge on any atom is 0.302 e. The van der Waals surface area contributed by atoms with Crippen molar-refractivity contribution in [2.75, 3.05) is 11.5 Å². The number of amides is 1. The van der Waals surface area contributed by atoms with Gasteiger partial charge in [0.2, 0.25) is 5.95 Å². The number of aryl methyl sites for hydroxylation is 1. The molecule has 0 saturated carbocycles. The van der Waals surface area contributed by atoms with Crippen LogP contribution in [0.5, 0.6) is 5.75 Å². The lowest BCUT2D eigenvalue weighted by Gasteiger charge is -2.23. The summed E-state index contributed by atoms with van der Waals surface area (Å²) in [7, 11) is 0. The number of fused-ring (bicyclic) bond motifs is 1. The Morgan fingerprint density at radius 1 is 1.11 bits per heavy atom. The number of carbonyl (C=O) groups excluding carboxylic acids is 2. The molecule has 0 spiro atoms. The molecule has 1 saturated heterocycles. The highest BCUT2D eigenvalue weighted by Gasteiger charge is 2.49. The Hall–Kier alpha value is -4.46. The van der Waals surface area contributed by atoms with Gasteiger partial charge in [0.05, 0.1) is 23.2 Å². The lowest BCUT2D eigenvalue weighted by molar-refractivity contribution is -0.132. The van der Waals surface area contributed by atoms with Gasteiger partial charge in [-0.2, -0.15) is 0 Å². The standard InChI is InChI=1S/C28H24FN3O4/c1-3-14-36-22-13-12-17(15-16(22)2)25(33)23-24(18-8-4-5-9-19(18)29)32(27(35)26(23)34)28-30-20-10-6-7-11-21(20)31-28/h4-13,15,24,33H,3,14H2,1-2H3,(H,30,31)/b25-23+. The van der Waals surface area contributed by atoms with Crippen LogP contribution < -0.4 is 9.64 Å². The summed E-state index contributed by atoms with van der Waals surface area (Å²) in [5.74, 6) is -2.11. The quantitative estimate of drug-likeness (QED) is 0.216. The second-order valence-electron chi connectivity index (χ2n) is 8.60. The molecule has 1 unspecified atom stereocenters. The van der Waals surface area contributed by atoms with Crippen LogP contribution in [0.2, 0.25) is 0 Å². The van der Waals surface area contributed by atoms with Gasteiger partial charge in [-0.1, -0.05) is 37.3 Å².